The molecule has 240 valence electrons. The van der Waals surface area contributed by atoms with Gasteiger partial charge in [0.05, 0.1) is 46.6 Å². The third-order valence-corrected chi connectivity index (χ3v) is 9.33. The van der Waals surface area contributed by atoms with E-state index in [2.05, 4.69) is 36.5 Å². The average Bonchev–Trinajstić information content (AvgIpc) is 3.53. The number of carbonyl (C=O) groups excluding carboxylic acids is 1. The van der Waals surface area contributed by atoms with Crippen molar-refractivity contribution in [2.24, 2.45) is 0 Å². The molecule has 1 fully saturated rings. The zero-order valence-corrected chi connectivity index (χ0v) is 28.2. The lowest BCUT2D eigenvalue weighted by Gasteiger charge is -2.42. The minimum Gasteiger partial charge on any atom is -0.373 e. The van der Waals surface area contributed by atoms with Gasteiger partial charge in [0.2, 0.25) is 5.91 Å². The molecule has 0 bridgehead atoms. The van der Waals surface area contributed by atoms with Crippen LogP contribution in [0, 0.1) is 13.5 Å². The van der Waals surface area contributed by atoms with Crippen molar-refractivity contribution in [1.29, 1.82) is 0 Å². The van der Waals surface area contributed by atoms with Gasteiger partial charge in [-0.3, -0.25) is 19.3 Å². The number of benzene rings is 2. The van der Waals surface area contributed by atoms with Crippen molar-refractivity contribution in [2.45, 2.75) is 59.4 Å². The van der Waals surface area contributed by atoms with Crippen molar-refractivity contribution in [3.63, 3.8) is 0 Å². The largest absolute Gasteiger partial charge is 0.373 e. The number of aryl methyl sites for hydroxylation is 1. The molecule has 5 aromatic rings. The van der Waals surface area contributed by atoms with Crippen LogP contribution in [0.4, 0.5) is 11.4 Å². The minimum absolute atomic E-state index is 0.0157. The van der Waals surface area contributed by atoms with Crippen molar-refractivity contribution in [1.82, 2.24) is 29.6 Å². The molecule has 11 heteroatoms. The van der Waals surface area contributed by atoms with E-state index in [0.29, 0.717) is 58.3 Å². The van der Waals surface area contributed by atoms with Crippen molar-refractivity contribution in [2.75, 3.05) is 24.5 Å². The van der Waals surface area contributed by atoms with Crippen molar-refractivity contribution < 1.29 is 4.79 Å². The number of rotatable bonds is 6. The molecule has 47 heavy (non-hydrogen) atoms. The summed E-state index contributed by atoms with van der Waals surface area (Å²) in [7, 11) is 0. The van der Waals surface area contributed by atoms with Gasteiger partial charge < -0.3 is 9.80 Å². The highest BCUT2D eigenvalue weighted by molar-refractivity contribution is 6.35. The zero-order valence-electron chi connectivity index (χ0n) is 27.4. The maximum absolute atomic E-state index is 14.9. The van der Waals surface area contributed by atoms with Crippen LogP contribution in [0.5, 0.6) is 0 Å². The molecule has 1 N–H and O–H groups in total. The second kappa shape index (κ2) is 12.3. The summed E-state index contributed by atoms with van der Waals surface area (Å²) >= 11 is 7.20. The molecule has 0 saturated carbocycles. The third kappa shape index (κ3) is 5.25. The van der Waals surface area contributed by atoms with Crippen molar-refractivity contribution in [3.8, 4) is 16.8 Å². The molecule has 6 rings (SSSR count). The van der Waals surface area contributed by atoms with Gasteiger partial charge in [-0.05, 0) is 61.1 Å². The summed E-state index contributed by atoms with van der Waals surface area (Å²) < 4.78 is 1.63. The molecular weight excluding hydrogens is 612 g/mol. The highest BCUT2D eigenvalue weighted by atomic mass is 35.5. The summed E-state index contributed by atoms with van der Waals surface area (Å²) in [5.41, 5.74) is 6.15. The lowest BCUT2D eigenvalue weighted by Crippen LogP contribution is -2.53. The van der Waals surface area contributed by atoms with E-state index in [1.54, 1.807) is 22.0 Å². The molecule has 10 nitrogen and oxygen atoms in total. The number of amides is 1. The number of nitrogens with zero attached hydrogens (tertiary/aromatic N) is 7. The van der Waals surface area contributed by atoms with Crippen LogP contribution >= 0.6 is 11.6 Å². The molecule has 0 aliphatic carbocycles. The summed E-state index contributed by atoms with van der Waals surface area (Å²) in [5.74, 6) is -0.217. The molecular formula is C36H37ClN8O2. The Morgan fingerprint density at radius 3 is 2.43 bits per heavy atom. The van der Waals surface area contributed by atoms with Crippen LogP contribution in [0.25, 0.3) is 43.5 Å². The number of aromatic amines is 1. The van der Waals surface area contributed by atoms with Gasteiger partial charge >= 0.3 is 0 Å². The Morgan fingerprint density at radius 1 is 1.11 bits per heavy atom. The summed E-state index contributed by atoms with van der Waals surface area (Å²) in [5, 5.41) is 9.37. The number of hydrogen-bond acceptors (Lipinski definition) is 6. The van der Waals surface area contributed by atoms with Crippen molar-refractivity contribution >= 4 is 50.7 Å². The van der Waals surface area contributed by atoms with Crippen LogP contribution in [-0.4, -0.2) is 61.2 Å². The monoisotopic (exact) mass is 648 g/mol. The molecule has 0 spiro atoms. The number of pyridine rings is 1. The molecule has 0 unspecified atom stereocenters. The number of carbonyl (C=O) groups is 1. The fraction of sp³-hybridized carbons (Fsp3) is 0.333. The van der Waals surface area contributed by atoms with Gasteiger partial charge in [-0.25, -0.2) is 14.8 Å². The topological polar surface area (TPSA) is 104 Å². The first-order valence-electron chi connectivity index (χ1n) is 15.7. The summed E-state index contributed by atoms with van der Waals surface area (Å²) in [6, 6.07) is 7.63. The van der Waals surface area contributed by atoms with Gasteiger partial charge in [0.15, 0.2) is 0 Å². The average molecular weight is 649 g/mol. The second-order valence-electron chi connectivity index (χ2n) is 12.7. The maximum Gasteiger partial charge on any atom is 0.274 e. The number of aromatic nitrogens is 5. The van der Waals surface area contributed by atoms with E-state index in [0.717, 1.165) is 27.6 Å². The minimum atomic E-state index is -0.454. The van der Waals surface area contributed by atoms with E-state index < -0.39 is 5.56 Å². The van der Waals surface area contributed by atoms with Crippen LogP contribution in [0.2, 0.25) is 5.02 Å². The molecule has 1 atom stereocenters. The fourth-order valence-corrected chi connectivity index (χ4v) is 7.03. The first kappa shape index (κ1) is 32.0. The molecule has 2 aromatic carbocycles. The van der Waals surface area contributed by atoms with Crippen molar-refractivity contribution in [3.05, 3.63) is 93.2 Å². The Labute approximate surface area is 278 Å². The zero-order chi connectivity index (χ0) is 33.7. The van der Waals surface area contributed by atoms with Gasteiger partial charge in [0.1, 0.15) is 6.33 Å². The third-order valence-electron chi connectivity index (χ3n) is 9.02. The predicted molar refractivity (Wildman–Crippen MR) is 188 cm³/mol. The number of H-pyrrole nitrogens is 1. The normalized spacial score (nSPS) is 15.2. The van der Waals surface area contributed by atoms with E-state index in [9.17, 15) is 9.59 Å². The number of piperazine rings is 1. The predicted octanol–water partition coefficient (Wildman–Crippen LogP) is 7.31. The van der Waals surface area contributed by atoms with Gasteiger partial charge in [-0.2, -0.15) is 5.10 Å². The van der Waals surface area contributed by atoms with Gasteiger partial charge in [0.25, 0.3) is 11.2 Å². The molecule has 1 amide bonds. The lowest BCUT2D eigenvalue weighted by atomic mass is 9.94. The highest BCUT2D eigenvalue weighted by Crippen LogP contribution is 2.44. The molecule has 3 aromatic heterocycles. The molecule has 4 heterocycles. The van der Waals surface area contributed by atoms with E-state index in [4.69, 9.17) is 18.2 Å². The van der Waals surface area contributed by atoms with E-state index in [1.807, 2.05) is 65.8 Å². The van der Waals surface area contributed by atoms with E-state index >= 15 is 0 Å². The Hall–Kier alpha value is -5.01. The van der Waals surface area contributed by atoms with Crippen LogP contribution in [0.15, 0.2) is 54.2 Å². The summed E-state index contributed by atoms with van der Waals surface area (Å²) in [6.07, 6.45) is 4.64. The van der Waals surface area contributed by atoms with E-state index in [-0.39, 0.29) is 29.5 Å². The summed E-state index contributed by atoms with van der Waals surface area (Å²) in [4.78, 5) is 44.3. The molecule has 1 aliphatic rings. The number of anilines is 1. The number of halogens is 1. The smallest absolute Gasteiger partial charge is 0.274 e. The first-order valence-corrected chi connectivity index (χ1v) is 16.1. The van der Waals surface area contributed by atoms with Gasteiger partial charge in [-0.1, -0.05) is 51.9 Å². The Kier molecular flexibility index (Phi) is 8.36. The lowest BCUT2D eigenvalue weighted by molar-refractivity contribution is -0.126. The first-order chi connectivity index (χ1) is 22.5. The van der Waals surface area contributed by atoms with E-state index in [1.165, 1.54) is 6.08 Å². The Bertz CT molecular complexity index is 2150. The van der Waals surface area contributed by atoms with Crippen LogP contribution < -0.4 is 10.5 Å². The maximum atomic E-state index is 14.9. The number of hydrogen-bond donors (Lipinski definition) is 1. The van der Waals surface area contributed by atoms with Crippen LogP contribution in [-0.2, 0) is 4.79 Å². The fourth-order valence-electron chi connectivity index (χ4n) is 6.77. The molecule has 1 saturated heterocycles. The van der Waals surface area contributed by atoms with Gasteiger partial charge in [0, 0.05) is 47.0 Å². The number of fused-ring (bicyclic) bond motifs is 2. The van der Waals surface area contributed by atoms with Crippen LogP contribution in [0.3, 0.4) is 0 Å². The highest BCUT2D eigenvalue weighted by Gasteiger charge is 2.33. The Morgan fingerprint density at radius 2 is 1.81 bits per heavy atom. The molecule has 0 radical (unpaired) electrons. The van der Waals surface area contributed by atoms with Gasteiger partial charge in [-0.15, -0.1) is 0 Å². The number of nitrogens with one attached hydrogen (secondary N) is 1. The quantitative estimate of drug-likeness (QED) is 0.153. The second-order valence-corrected chi connectivity index (χ2v) is 13.1. The molecule has 1 aliphatic heterocycles. The van der Waals surface area contributed by atoms with Crippen LogP contribution in [0.1, 0.15) is 63.4 Å². The SMILES string of the molecule is [C-]#[N+]c1c(N2CCN(C(=O)C=C)C[C@@H]2C)c2cc(Cl)c(-c3c(C)ccc4[nH]ncc34)cc2n(-c2c(C(C)C)ncnc2C(C)C)c1=O. The summed E-state index contributed by atoms with van der Waals surface area (Å²) in [6.45, 7) is 25.4. The standard InChI is InChI=1S/C36H37ClN8O2/c1-9-29(46)43-12-13-44(22(7)17-43)34-24-14-26(37)23(30-21(6)10-11-27-25(30)16-41-42-27)15-28(24)45(36(47)33(34)38-8)35-31(19(2)3)39-18-40-32(35)20(4)5/h9-11,14-16,18-20,22H,1,12-13,17H2,2-7H3,(H,41,42)/t22-/m0/s1. The Balaban J connectivity index is 1.76.